The van der Waals surface area contributed by atoms with Gasteiger partial charge in [-0.3, -0.25) is 4.90 Å². The van der Waals surface area contributed by atoms with E-state index in [0.717, 1.165) is 30.4 Å². The molecule has 0 spiro atoms. The third-order valence-corrected chi connectivity index (χ3v) is 4.56. The molecule has 1 fully saturated rings. The molecule has 3 nitrogen and oxygen atoms in total. The van der Waals surface area contributed by atoms with Crippen LogP contribution in [0.15, 0.2) is 12.1 Å². The molecule has 4 heteroatoms. The minimum atomic E-state index is 0.145. The van der Waals surface area contributed by atoms with Crippen LogP contribution in [0.1, 0.15) is 30.0 Å². The predicted molar refractivity (Wildman–Crippen MR) is 89.5 cm³/mol. The Morgan fingerprint density at radius 2 is 1.90 bits per heavy atom. The molecule has 1 aliphatic rings. The molecule has 116 valence electrons. The second-order valence-corrected chi connectivity index (χ2v) is 7.18. The van der Waals surface area contributed by atoms with Gasteiger partial charge in [-0.05, 0) is 18.1 Å². The highest BCUT2D eigenvalue weighted by atomic mass is 32.1. The summed E-state index contributed by atoms with van der Waals surface area (Å²) in [5.74, 6) is 6.85. The van der Waals surface area contributed by atoms with Crippen LogP contribution < -0.4 is 0 Å². The van der Waals surface area contributed by atoms with Gasteiger partial charge in [-0.2, -0.15) is 0 Å². The normalized spacial score (nSPS) is 17.0. The lowest BCUT2D eigenvalue weighted by Crippen LogP contribution is -2.46. The first-order chi connectivity index (χ1) is 10.2. The molecule has 0 amide bonds. The van der Waals surface area contributed by atoms with Gasteiger partial charge in [0.05, 0.1) is 11.5 Å². The van der Waals surface area contributed by atoms with Crippen LogP contribution in [-0.2, 0) is 6.54 Å². The Hall–Kier alpha value is -0.860. The van der Waals surface area contributed by atoms with Crippen molar-refractivity contribution in [2.24, 2.45) is 5.92 Å². The molecule has 0 bridgehead atoms. The van der Waals surface area contributed by atoms with Gasteiger partial charge < -0.3 is 10.0 Å². The lowest BCUT2D eigenvalue weighted by Gasteiger charge is -2.35. The topological polar surface area (TPSA) is 26.7 Å². The standard InChI is InChI=1S/C17H26N2OS/c1-15(2)13-18-8-10-19(11-9-18)14-17-7-6-16(21-17)5-3-4-12-20/h6-7,15,20H,4,8-14H2,1-2H3. The summed E-state index contributed by atoms with van der Waals surface area (Å²) >= 11 is 1.78. The summed E-state index contributed by atoms with van der Waals surface area (Å²) in [7, 11) is 0. The molecule has 0 aromatic carbocycles. The Morgan fingerprint density at radius 3 is 2.57 bits per heavy atom. The van der Waals surface area contributed by atoms with Gasteiger partial charge in [-0.1, -0.05) is 25.7 Å². The fourth-order valence-corrected chi connectivity index (χ4v) is 3.53. The maximum absolute atomic E-state index is 8.73. The maximum Gasteiger partial charge on any atom is 0.0771 e. The molecule has 1 aromatic heterocycles. The monoisotopic (exact) mass is 306 g/mol. The number of nitrogens with zero attached hydrogens (tertiary/aromatic N) is 2. The number of piperazine rings is 1. The highest BCUT2D eigenvalue weighted by Gasteiger charge is 2.17. The third-order valence-electron chi connectivity index (χ3n) is 3.58. The summed E-state index contributed by atoms with van der Waals surface area (Å²) in [5.41, 5.74) is 0. The van der Waals surface area contributed by atoms with E-state index in [0.29, 0.717) is 6.42 Å². The van der Waals surface area contributed by atoms with E-state index in [1.165, 1.54) is 24.5 Å². The van der Waals surface area contributed by atoms with Crippen molar-refractivity contribution in [1.29, 1.82) is 0 Å². The highest BCUT2D eigenvalue weighted by Crippen LogP contribution is 2.18. The van der Waals surface area contributed by atoms with Crippen LogP contribution in [0.2, 0.25) is 0 Å². The van der Waals surface area contributed by atoms with Gasteiger partial charge in [-0.25, -0.2) is 0 Å². The Labute approximate surface area is 132 Å². The van der Waals surface area contributed by atoms with Crippen LogP contribution in [0.25, 0.3) is 0 Å². The quantitative estimate of drug-likeness (QED) is 0.845. The van der Waals surface area contributed by atoms with Gasteiger partial charge >= 0.3 is 0 Å². The first-order valence-electron chi connectivity index (χ1n) is 7.80. The Morgan fingerprint density at radius 1 is 1.19 bits per heavy atom. The average Bonchev–Trinajstić information content (AvgIpc) is 2.88. The minimum Gasteiger partial charge on any atom is -0.395 e. The minimum absolute atomic E-state index is 0.145. The van der Waals surface area contributed by atoms with E-state index in [-0.39, 0.29) is 6.61 Å². The molecule has 0 unspecified atom stereocenters. The Kier molecular flexibility index (Phi) is 6.72. The highest BCUT2D eigenvalue weighted by molar-refractivity contribution is 7.12. The van der Waals surface area contributed by atoms with Crippen LogP contribution >= 0.6 is 11.3 Å². The maximum atomic E-state index is 8.73. The second-order valence-electron chi connectivity index (χ2n) is 6.01. The molecule has 2 heterocycles. The van der Waals surface area contributed by atoms with E-state index in [1.807, 2.05) is 0 Å². The van der Waals surface area contributed by atoms with Crippen LogP contribution in [-0.4, -0.2) is 54.2 Å². The number of hydrogen-bond donors (Lipinski definition) is 1. The van der Waals surface area contributed by atoms with E-state index in [2.05, 4.69) is 47.6 Å². The molecule has 1 N–H and O–H groups in total. The Bertz CT molecular complexity index is 478. The van der Waals surface area contributed by atoms with Crippen LogP contribution in [0, 0.1) is 17.8 Å². The van der Waals surface area contributed by atoms with Crippen LogP contribution in [0.5, 0.6) is 0 Å². The van der Waals surface area contributed by atoms with Crippen molar-refractivity contribution in [3.8, 4) is 11.8 Å². The average molecular weight is 306 g/mol. The van der Waals surface area contributed by atoms with Crippen molar-refractivity contribution < 1.29 is 5.11 Å². The lowest BCUT2D eigenvalue weighted by molar-refractivity contribution is 0.118. The summed E-state index contributed by atoms with van der Waals surface area (Å²) in [4.78, 5) is 7.60. The molecule has 1 aliphatic heterocycles. The molecular formula is C17H26N2OS. The van der Waals surface area contributed by atoms with Crippen molar-refractivity contribution in [3.63, 3.8) is 0 Å². The third kappa shape index (κ3) is 5.80. The molecule has 0 aliphatic carbocycles. The van der Waals surface area contributed by atoms with Gasteiger partial charge in [0.25, 0.3) is 0 Å². The number of aliphatic hydroxyl groups excluding tert-OH is 1. The Balaban J connectivity index is 1.77. The van der Waals surface area contributed by atoms with Crippen molar-refractivity contribution in [2.45, 2.75) is 26.8 Å². The van der Waals surface area contributed by atoms with Gasteiger partial charge in [-0.15, -0.1) is 11.3 Å². The molecule has 1 saturated heterocycles. The van der Waals surface area contributed by atoms with Gasteiger partial charge in [0.2, 0.25) is 0 Å². The van der Waals surface area contributed by atoms with Gasteiger partial charge in [0, 0.05) is 50.6 Å². The van der Waals surface area contributed by atoms with Crippen molar-refractivity contribution in [1.82, 2.24) is 9.80 Å². The smallest absolute Gasteiger partial charge is 0.0771 e. The van der Waals surface area contributed by atoms with Crippen molar-refractivity contribution in [3.05, 3.63) is 21.9 Å². The fourth-order valence-electron chi connectivity index (χ4n) is 2.60. The molecular weight excluding hydrogens is 280 g/mol. The van der Waals surface area contributed by atoms with Crippen molar-refractivity contribution >= 4 is 11.3 Å². The molecule has 2 rings (SSSR count). The number of aliphatic hydroxyl groups is 1. The largest absolute Gasteiger partial charge is 0.395 e. The first-order valence-corrected chi connectivity index (χ1v) is 8.62. The van der Waals surface area contributed by atoms with Crippen LogP contribution in [0.4, 0.5) is 0 Å². The summed E-state index contributed by atoms with van der Waals surface area (Å²) in [6.45, 7) is 11.7. The lowest BCUT2D eigenvalue weighted by atomic mass is 10.2. The van der Waals surface area contributed by atoms with E-state index in [4.69, 9.17) is 5.11 Å². The molecule has 0 radical (unpaired) electrons. The zero-order valence-corrected chi connectivity index (χ0v) is 14.0. The summed E-state index contributed by atoms with van der Waals surface area (Å²) in [6, 6.07) is 4.29. The fraction of sp³-hybridized carbons (Fsp3) is 0.647. The van der Waals surface area contributed by atoms with E-state index in [9.17, 15) is 0 Å². The zero-order valence-electron chi connectivity index (χ0n) is 13.1. The summed E-state index contributed by atoms with van der Waals surface area (Å²) in [5, 5.41) is 8.73. The number of hydrogen-bond acceptors (Lipinski definition) is 4. The summed E-state index contributed by atoms with van der Waals surface area (Å²) < 4.78 is 0. The second kappa shape index (κ2) is 8.55. The van der Waals surface area contributed by atoms with E-state index < -0.39 is 0 Å². The number of rotatable bonds is 5. The zero-order chi connectivity index (χ0) is 15.1. The molecule has 0 saturated carbocycles. The molecule has 0 atom stereocenters. The van der Waals surface area contributed by atoms with Gasteiger partial charge in [0.1, 0.15) is 0 Å². The van der Waals surface area contributed by atoms with E-state index >= 15 is 0 Å². The summed E-state index contributed by atoms with van der Waals surface area (Å²) in [6.07, 6.45) is 0.561. The molecule has 1 aromatic rings. The van der Waals surface area contributed by atoms with Crippen LogP contribution in [0.3, 0.4) is 0 Å². The van der Waals surface area contributed by atoms with E-state index in [1.54, 1.807) is 11.3 Å². The van der Waals surface area contributed by atoms with Gasteiger partial charge in [0.15, 0.2) is 0 Å². The van der Waals surface area contributed by atoms with Crippen molar-refractivity contribution in [2.75, 3.05) is 39.3 Å². The first kappa shape index (κ1) is 16.5. The molecule has 21 heavy (non-hydrogen) atoms. The number of thiophene rings is 1. The predicted octanol–water partition coefficient (Wildman–Crippen LogP) is 2.26. The SMILES string of the molecule is CC(C)CN1CCN(Cc2ccc(C#CCCO)s2)CC1.